The van der Waals surface area contributed by atoms with Crippen molar-refractivity contribution in [1.29, 1.82) is 0 Å². The highest BCUT2D eigenvalue weighted by Crippen LogP contribution is 2.63. The third-order valence-electron chi connectivity index (χ3n) is 14.1. The first kappa shape index (κ1) is 42.6. The van der Waals surface area contributed by atoms with Crippen LogP contribution in [0.1, 0.15) is 0 Å². The third kappa shape index (κ3) is 7.20. The Morgan fingerprint density at radius 1 is 0.153 bits per heavy atom. The molecule has 0 aliphatic heterocycles. The van der Waals surface area contributed by atoms with Crippen LogP contribution >= 0.6 is 0 Å². The van der Waals surface area contributed by atoms with Gasteiger partial charge >= 0.3 is 0 Å². The van der Waals surface area contributed by atoms with Crippen molar-refractivity contribution in [1.82, 2.24) is 9.97 Å². The van der Waals surface area contributed by atoms with Crippen LogP contribution in [0.3, 0.4) is 0 Å². The molecule has 1 aliphatic rings. The van der Waals surface area contributed by atoms with Crippen LogP contribution < -0.4 is 0 Å². The van der Waals surface area contributed by atoms with E-state index in [1.807, 2.05) is 12.4 Å². The number of rotatable bonds is 8. The Labute approximate surface area is 420 Å². The summed E-state index contributed by atoms with van der Waals surface area (Å²) in [6.45, 7) is 0. The van der Waals surface area contributed by atoms with Gasteiger partial charge in [-0.3, -0.25) is 9.97 Å². The van der Waals surface area contributed by atoms with E-state index in [1.165, 1.54) is 0 Å². The summed E-state index contributed by atoms with van der Waals surface area (Å²) in [6, 6.07) is 96.5. The molecule has 2 heteroatoms. The summed E-state index contributed by atoms with van der Waals surface area (Å²) in [5, 5.41) is 0. The molecular formula is C70H46N2. The zero-order chi connectivity index (χ0) is 47.8. The molecule has 0 saturated carbocycles. The van der Waals surface area contributed by atoms with E-state index >= 15 is 0 Å². The van der Waals surface area contributed by atoms with E-state index in [0.29, 0.717) is 0 Å². The topological polar surface area (TPSA) is 25.8 Å². The molecule has 2 aromatic heterocycles. The molecular weight excluding hydrogens is 869 g/mol. The first-order valence-electron chi connectivity index (χ1n) is 24.7. The molecule has 0 amide bonds. The summed E-state index contributed by atoms with van der Waals surface area (Å²) >= 11 is 0. The fraction of sp³-hybridized carbons (Fsp3) is 0. The zero-order valence-electron chi connectivity index (χ0n) is 39.5. The van der Waals surface area contributed by atoms with Gasteiger partial charge in [0.25, 0.3) is 0 Å². The Morgan fingerprint density at radius 3 is 0.542 bits per heavy atom. The van der Waals surface area contributed by atoms with Crippen molar-refractivity contribution >= 4 is 0 Å². The Morgan fingerprint density at radius 2 is 0.333 bits per heavy atom. The largest absolute Gasteiger partial charge is 0.256 e. The van der Waals surface area contributed by atoms with Crippen molar-refractivity contribution in [3.8, 4) is 134 Å². The molecule has 0 radical (unpaired) electrons. The van der Waals surface area contributed by atoms with Crippen LogP contribution in [-0.4, -0.2) is 9.97 Å². The van der Waals surface area contributed by atoms with Gasteiger partial charge < -0.3 is 0 Å². The third-order valence-corrected chi connectivity index (χ3v) is 14.1. The second kappa shape index (κ2) is 18.4. The number of hydrogen-bond donors (Lipinski definition) is 0. The lowest BCUT2D eigenvalue weighted by Crippen LogP contribution is -2.09. The Balaban J connectivity index is 1.36. The SMILES string of the molecule is c1ccc(-c2c(-c3ccccc3)c(-c3ccccc3)c3c(c2-c2ccccc2)-c2cccnc2-c2c(-c4ccccc4)c(-c4ccccc4)c(-c4ccccc4)c(-c4ccccc4)c2-c2cccnc2-3)cc1. The normalized spacial score (nSPS) is 11.3. The number of fused-ring (bicyclic) bond motifs is 8. The molecule has 336 valence electrons. The fourth-order valence-electron chi connectivity index (χ4n) is 11.3. The van der Waals surface area contributed by atoms with Gasteiger partial charge in [-0.15, -0.1) is 0 Å². The van der Waals surface area contributed by atoms with Crippen molar-refractivity contribution in [3.63, 3.8) is 0 Å². The van der Waals surface area contributed by atoms with Gasteiger partial charge in [-0.1, -0.05) is 255 Å². The maximum atomic E-state index is 5.69. The summed E-state index contributed by atoms with van der Waals surface area (Å²) in [7, 11) is 0. The number of nitrogens with zero attached hydrogens (tertiary/aromatic N) is 2. The molecule has 1 aliphatic carbocycles. The maximum absolute atomic E-state index is 5.69. The highest BCUT2D eigenvalue weighted by molar-refractivity contribution is 6.23. The van der Waals surface area contributed by atoms with E-state index in [2.05, 4.69) is 267 Å². The van der Waals surface area contributed by atoms with E-state index in [9.17, 15) is 0 Å². The smallest absolute Gasteiger partial charge is 0.0793 e. The second-order valence-electron chi connectivity index (χ2n) is 18.2. The molecule has 0 atom stereocenters. The molecule has 10 aromatic carbocycles. The molecule has 72 heavy (non-hydrogen) atoms. The minimum absolute atomic E-state index is 0.902. The van der Waals surface area contributed by atoms with Crippen LogP contribution in [0.5, 0.6) is 0 Å². The van der Waals surface area contributed by atoms with E-state index in [4.69, 9.17) is 9.97 Å². The first-order valence-corrected chi connectivity index (χ1v) is 24.7. The van der Waals surface area contributed by atoms with Crippen molar-refractivity contribution < 1.29 is 0 Å². The van der Waals surface area contributed by atoms with Crippen LogP contribution in [0.2, 0.25) is 0 Å². The van der Waals surface area contributed by atoms with Gasteiger partial charge in [0.2, 0.25) is 0 Å². The Bertz CT molecular complexity index is 3380. The first-order chi connectivity index (χ1) is 35.8. The van der Waals surface area contributed by atoms with Crippen LogP contribution in [-0.2, 0) is 0 Å². The van der Waals surface area contributed by atoms with Gasteiger partial charge in [0, 0.05) is 56.9 Å². The summed E-state index contributed by atoms with van der Waals surface area (Å²) in [6.07, 6.45) is 3.96. The van der Waals surface area contributed by atoms with Crippen LogP contribution in [0.25, 0.3) is 134 Å². The summed E-state index contributed by atoms with van der Waals surface area (Å²) in [5.41, 5.74) is 26.1. The molecule has 0 unspecified atom stereocenters. The van der Waals surface area contributed by atoms with Gasteiger partial charge in [-0.05, 0) is 90.0 Å². The lowest BCUT2D eigenvalue weighted by Gasteiger charge is -2.34. The Kier molecular flexibility index (Phi) is 10.9. The van der Waals surface area contributed by atoms with Gasteiger partial charge in [0.05, 0.1) is 11.4 Å². The van der Waals surface area contributed by atoms with Gasteiger partial charge in [-0.2, -0.15) is 0 Å². The van der Waals surface area contributed by atoms with Crippen molar-refractivity contribution in [3.05, 3.63) is 279 Å². The number of pyridine rings is 2. The number of aromatic nitrogens is 2. The van der Waals surface area contributed by atoms with E-state index < -0.39 is 0 Å². The lowest BCUT2D eigenvalue weighted by atomic mass is 9.69. The number of hydrogen-bond acceptors (Lipinski definition) is 2. The average Bonchev–Trinajstić information content (AvgIpc) is 3.47. The minimum atomic E-state index is 0.902. The summed E-state index contributed by atoms with van der Waals surface area (Å²) < 4.78 is 0. The molecule has 2 nitrogen and oxygen atoms in total. The monoisotopic (exact) mass is 914 g/mol. The molecule has 0 fully saturated rings. The molecule has 0 saturated heterocycles. The van der Waals surface area contributed by atoms with Crippen molar-refractivity contribution in [2.45, 2.75) is 0 Å². The average molecular weight is 915 g/mol. The van der Waals surface area contributed by atoms with Crippen LogP contribution in [0.15, 0.2) is 279 Å². The predicted octanol–water partition coefficient (Wildman–Crippen LogP) is 18.8. The van der Waals surface area contributed by atoms with E-state index in [1.54, 1.807) is 0 Å². The zero-order valence-corrected chi connectivity index (χ0v) is 39.5. The standard InChI is InChI=1S/C70H46N2/c1-9-27-47(28-10-1)57-59(49-31-13-3-14-32-49)63(53-39-21-7-22-40-53)67-65(61(57)51-35-17-5-18-36-51)55-43-25-45-71-69(55)68-64(54-41-23-8-24-42-54)60(50-33-15-4-16-34-50)58(48-29-11-2-12-30-48)62(52-37-19-6-20-38-52)66(68)56-44-26-46-72-70(56)67/h1-46H. The fourth-order valence-corrected chi connectivity index (χ4v) is 11.3. The van der Waals surface area contributed by atoms with E-state index in [-0.39, 0.29) is 0 Å². The van der Waals surface area contributed by atoms with E-state index in [0.717, 1.165) is 134 Å². The maximum Gasteiger partial charge on any atom is 0.0793 e. The number of benzene rings is 10. The molecule has 0 spiro atoms. The van der Waals surface area contributed by atoms with Crippen LogP contribution in [0.4, 0.5) is 0 Å². The lowest BCUT2D eigenvalue weighted by molar-refractivity contribution is 1.29. The van der Waals surface area contributed by atoms with Gasteiger partial charge in [0.1, 0.15) is 0 Å². The summed E-state index contributed by atoms with van der Waals surface area (Å²) in [5.74, 6) is 0. The second-order valence-corrected chi connectivity index (χ2v) is 18.2. The Hall–Kier alpha value is -9.50. The molecule has 13 rings (SSSR count). The molecule has 2 heterocycles. The highest BCUT2D eigenvalue weighted by atomic mass is 14.7. The van der Waals surface area contributed by atoms with Gasteiger partial charge in [-0.25, -0.2) is 0 Å². The highest BCUT2D eigenvalue weighted by Gasteiger charge is 2.37. The summed E-state index contributed by atoms with van der Waals surface area (Å²) in [4.78, 5) is 11.4. The molecule has 0 N–H and O–H groups in total. The minimum Gasteiger partial charge on any atom is -0.256 e. The van der Waals surface area contributed by atoms with Crippen molar-refractivity contribution in [2.75, 3.05) is 0 Å². The molecule has 0 bridgehead atoms. The van der Waals surface area contributed by atoms with Gasteiger partial charge in [0.15, 0.2) is 0 Å². The quantitative estimate of drug-likeness (QED) is 0.152. The van der Waals surface area contributed by atoms with Crippen molar-refractivity contribution in [2.24, 2.45) is 0 Å². The van der Waals surface area contributed by atoms with Crippen LogP contribution in [0, 0.1) is 0 Å². The predicted molar refractivity (Wildman–Crippen MR) is 301 cm³/mol. The molecule has 12 aromatic rings.